The molecule has 0 atom stereocenters. The van der Waals surface area contributed by atoms with Gasteiger partial charge in [-0.15, -0.1) is 0 Å². The van der Waals surface area contributed by atoms with Gasteiger partial charge in [0.05, 0.1) is 13.2 Å². The summed E-state index contributed by atoms with van der Waals surface area (Å²) < 4.78 is 10.1. The number of nitrogens with zero attached hydrogens (tertiary/aromatic N) is 1. The van der Waals surface area contributed by atoms with E-state index in [2.05, 4.69) is 5.32 Å². The molecular weight excluding hydrogens is 372 g/mol. The van der Waals surface area contributed by atoms with Crippen LogP contribution >= 0.6 is 0 Å². The van der Waals surface area contributed by atoms with Gasteiger partial charge in [0.15, 0.2) is 6.61 Å². The molecule has 150 valence electrons. The van der Waals surface area contributed by atoms with Crippen molar-refractivity contribution in [1.29, 1.82) is 0 Å². The predicted octanol–water partition coefficient (Wildman–Crippen LogP) is 3.03. The molecule has 0 bridgehead atoms. The van der Waals surface area contributed by atoms with Crippen molar-refractivity contribution in [3.05, 3.63) is 70.9 Å². The van der Waals surface area contributed by atoms with Gasteiger partial charge in [-0.3, -0.25) is 9.69 Å². The van der Waals surface area contributed by atoms with Crippen molar-refractivity contribution >= 4 is 24.0 Å². The number of aryl methyl sites for hydroxylation is 1. The molecule has 1 fully saturated rings. The summed E-state index contributed by atoms with van der Waals surface area (Å²) in [5.41, 5.74) is 2.88. The normalized spacial score (nSPS) is 14.8. The van der Waals surface area contributed by atoms with Gasteiger partial charge in [-0.2, -0.15) is 0 Å². The lowest BCUT2D eigenvalue weighted by atomic mass is 10.1. The molecule has 2 aromatic carbocycles. The van der Waals surface area contributed by atoms with E-state index >= 15 is 0 Å². The van der Waals surface area contributed by atoms with Gasteiger partial charge >= 0.3 is 12.0 Å². The summed E-state index contributed by atoms with van der Waals surface area (Å²) in [6, 6.07) is 14.0. The Labute approximate surface area is 168 Å². The second kappa shape index (κ2) is 9.05. The highest BCUT2D eigenvalue weighted by atomic mass is 16.6. The van der Waals surface area contributed by atoms with Crippen LogP contribution < -0.4 is 10.1 Å². The zero-order valence-corrected chi connectivity index (χ0v) is 16.3. The molecule has 0 aromatic heterocycles. The first-order valence-electron chi connectivity index (χ1n) is 9.25. The molecule has 7 nitrogen and oxygen atoms in total. The molecule has 3 amide bonds. The molecule has 0 radical (unpaired) electrons. The fourth-order valence-corrected chi connectivity index (χ4v) is 2.88. The first-order chi connectivity index (χ1) is 14.0. The van der Waals surface area contributed by atoms with Gasteiger partial charge in [-0.25, -0.2) is 9.59 Å². The Morgan fingerprint density at radius 2 is 1.90 bits per heavy atom. The lowest BCUT2D eigenvalue weighted by molar-refractivity contribution is -0.145. The van der Waals surface area contributed by atoms with Crippen molar-refractivity contribution in [3.63, 3.8) is 0 Å². The van der Waals surface area contributed by atoms with E-state index in [1.165, 1.54) is 4.90 Å². The molecule has 1 N–H and O–H groups in total. The van der Waals surface area contributed by atoms with E-state index in [4.69, 9.17) is 9.47 Å². The van der Waals surface area contributed by atoms with Crippen LogP contribution in [0.4, 0.5) is 4.79 Å². The number of imide groups is 1. The number of nitrogens with one attached hydrogen (secondary N) is 1. The van der Waals surface area contributed by atoms with Gasteiger partial charge in [-0.05, 0) is 43.2 Å². The maximum Gasteiger partial charge on any atom is 0.344 e. The summed E-state index contributed by atoms with van der Waals surface area (Å²) in [7, 11) is 0. The highest BCUT2D eigenvalue weighted by Crippen LogP contribution is 2.19. The summed E-state index contributed by atoms with van der Waals surface area (Å²) in [4.78, 5) is 37.3. The Hall–Kier alpha value is -3.61. The van der Waals surface area contributed by atoms with Crippen LogP contribution in [-0.2, 0) is 20.9 Å². The average molecular weight is 394 g/mol. The largest absolute Gasteiger partial charge is 0.482 e. The van der Waals surface area contributed by atoms with Crippen molar-refractivity contribution in [3.8, 4) is 5.75 Å². The first-order valence-corrected chi connectivity index (χ1v) is 9.25. The zero-order chi connectivity index (χ0) is 20.8. The number of benzene rings is 2. The van der Waals surface area contributed by atoms with Gasteiger partial charge in [0.1, 0.15) is 11.4 Å². The van der Waals surface area contributed by atoms with Crippen molar-refractivity contribution in [2.75, 3.05) is 13.2 Å². The third kappa shape index (κ3) is 5.22. The number of hydrogen-bond acceptors (Lipinski definition) is 5. The minimum Gasteiger partial charge on any atom is -0.482 e. The van der Waals surface area contributed by atoms with Crippen LogP contribution in [0.2, 0.25) is 0 Å². The van der Waals surface area contributed by atoms with Crippen LogP contribution in [0, 0.1) is 6.92 Å². The Kier molecular flexibility index (Phi) is 6.29. The molecule has 1 aliphatic rings. The van der Waals surface area contributed by atoms with Crippen LogP contribution in [0.25, 0.3) is 6.08 Å². The minimum atomic E-state index is -0.447. The number of urea groups is 1. The lowest BCUT2D eigenvalue weighted by Crippen LogP contribution is -2.30. The summed E-state index contributed by atoms with van der Waals surface area (Å²) in [6.07, 6.45) is 1.60. The van der Waals surface area contributed by atoms with E-state index in [1.807, 2.05) is 31.2 Å². The van der Waals surface area contributed by atoms with Crippen LogP contribution in [0.1, 0.15) is 23.6 Å². The number of rotatable bonds is 7. The quantitative estimate of drug-likeness (QED) is 0.443. The minimum absolute atomic E-state index is 0.170. The van der Waals surface area contributed by atoms with Gasteiger partial charge in [0.2, 0.25) is 0 Å². The first kappa shape index (κ1) is 20.1. The predicted molar refractivity (Wildman–Crippen MR) is 107 cm³/mol. The number of esters is 1. The molecule has 1 saturated heterocycles. The van der Waals surface area contributed by atoms with Gasteiger partial charge in [0.25, 0.3) is 5.91 Å². The average Bonchev–Trinajstić information content (AvgIpc) is 2.95. The molecule has 1 aliphatic heterocycles. The Bertz CT molecular complexity index is 950. The van der Waals surface area contributed by atoms with Crippen LogP contribution in [0.15, 0.2) is 54.2 Å². The molecular formula is C22H22N2O5. The smallest absolute Gasteiger partial charge is 0.344 e. The Morgan fingerprint density at radius 3 is 2.59 bits per heavy atom. The monoisotopic (exact) mass is 394 g/mol. The van der Waals surface area contributed by atoms with Crippen molar-refractivity contribution in [2.45, 2.75) is 20.4 Å². The number of carbonyl (C=O) groups is 3. The van der Waals surface area contributed by atoms with Crippen molar-refractivity contribution in [2.24, 2.45) is 0 Å². The van der Waals surface area contributed by atoms with E-state index in [0.29, 0.717) is 12.4 Å². The number of ether oxygens (including phenoxy) is 2. The topological polar surface area (TPSA) is 84.9 Å². The number of hydrogen-bond donors (Lipinski definition) is 1. The van der Waals surface area contributed by atoms with E-state index in [-0.39, 0.29) is 24.8 Å². The highest BCUT2D eigenvalue weighted by Gasteiger charge is 2.33. The third-order valence-corrected chi connectivity index (χ3v) is 4.24. The SMILES string of the molecule is CCOC(=O)COc1ccc(/C=C2/NC(=O)N(Cc3cccc(C)c3)C2=O)cc1. The number of amides is 3. The summed E-state index contributed by atoms with van der Waals surface area (Å²) in [6.45, 7) is 4.03. The fourth-order valence-electron chi connectivity index (χ4n) is 2.88. The van der Waals surface area contributed by atoms with E-state index < -0.39 is 12.0 Å². The second-order valence-electron chi connectivity index (χ2n) is 6.53. The Balaban J connectivity index is 1.65. The third-order valence-electron chi connectivity index (χ3n) is 4.24. The molecule has 7 heteroatoms. The summed E-state index contributed by atoms with van der Waals surface area (Å²) in [5, 5.41) is 2.61. The zero-order valence-electron chi connectivity index (χ0n) is 16.3. The highest BCUT2D eigenvalue weighted by molar-refractivity contribution is 6.13. The number of carbonyl (C=O) groups excluding carboxylic acids is 3. The standard InChI is InChI=1S/C22H22N2O5/c1-3-28-20(25)14-29-18-9-7-16(8-10-18)12-19-21(26)24(22(27)23-19)13-17-6-4-5-15(2)11-17/h4-12H,3,13-14H2,1-2H3,(H,23,27)/b19-12+. The second-order valence-corrected chi connectivity index (χ2v) is 6.53. The molecule has 29 heavy (non-hydrogen) atoms. The summed E-state index contributed by atoms with van der Waals surface area (Å²) in [5.74, 6) is -0.311. The maximum atomic E-state index is 12.6. The molecule has 0 unspecified atom stereocenters. The van der Waals surface area contributed by atoms with Crippen molar-refractivity contribution < 1.29 is 23.9 Å². The molecule has 2 aromatic rings. The molecule has 1 heterocycles. The lowest BCUT2D eigenvalue weighted by Gasteiger charge is -2.12. The van der Waals surface area contributed by atoms with Gasteiger partial charge < -0.3 is 14.8 Å². The van der Waals surface area contributed by atoms with Crippen molar-refractivity contribution in [1.82, 2.24) is 10.2 Å². The van der Waals surface area contributed by atoms with Gasteiger partial charge in [-0.1, -0.05) is 42.0 Å². The van der Waals surface area contributed by atoms with Crippen LogP contribution in [0.3, 0.4) is 0 Å². The molecule has 0 aliphatic carbocycles. The molecule has 0 spiro atoms. The van der Waals surface area contributed by atoms with Crippen LogP contribution in [-0.4, -0.2) is 36.0 Å². The molecule has 3 rings (SSSR count). The van der Waals surface area contributed by atoms with Crippen LogP contribution in [0.5, 0.6) is 5.75 Å². The van der Waals surface area contributed by atoms with Gasteiger partial charge in [0, 0.05) is 0 Å². The fraction of sp³-hybridized carbons (Fsp3) is 0.227. The Morgan fingerprint density at radius 1 is 1.14 bits per heavy atom. The van der Waals surface area contributed by atoms with E-state index in [0.717, 1.165) is 16.7 Å². The summed E-state index contributed by atoms with van der Waals surface area (Å²) >= 11 is 0. The van der Waals surface area contributed by atoms with E-state index in [1.54, 1.807) is 37.3 Å². The van der Waals surface area contributed by atoms with E-state index in [9.17, 15) is 14.4 Å². The molecule has 0 saturated carbocycles. The maximum absolute atomic E-state index is 12.6.